The van der Waals surface area contributed by atoms with Crippen LogP contribution in [0.3, 0.4) is 0 Å². The molecule has 2 heterocycles. The first-order valence-electron chi connectivity index (χ1n) is 7.01. The molecule has 1 atom stereocenters. The molecule has 1 aromatic heterocycles. The van der Waals surface area contributed by atoms with E-state index in [9.17, 15) is 4.79 Å². The molecule has 5 heteroatoms. The number of Topliss-reactive ketones (excluding diaryl/α,β-unsaturated/α-hetero) is 1. The van der Waals surface area contributed by atoms with E-state index in [1.165, 1.54) is 0 Å². The summed E-state index contributed by atoms with van der Waals surface area (Å²) >= 11 is 6.32. The highest BCUT2D eigenvalue weighted by Crippen LogP contribution is 2.24. The molecule has 0 bridgehead atoms. The van der Waals surface area contributed by atoms with E-state index >= 15 is 0 Å². The lowest BCUT2D eigenvalue weighted by atomic mass is 9.94. The van der Waals surface area contributed by atoms with Gasteiger partial charge >= 0.3 is 0 Å². The average molecular weight is 285 g/mol. The van der Waals surface area contributed by atoms with E-state index in [1.54, 1.807) is 0 Å². The number of aromatic nitrogens is 2. The van der Waals surface area contributed by atoms with Crippen molar-refractivity contribution in [3.8, 4) is 0 Å². The molecular weight excluding hydrogens is 264 g/mol. The summed E-state index contributed by atoms with van der Waals surface area (Å²) in [6.45, 7) is 6.10. The van der Waals surface area contributed by atoms with Gasteiger partial charge < -0.3 is 4.74 Å². The van der Waals surface area contributed by atoms with Gasteiger partial charge in [-0.3, -0.25) is 9.48 Å². The van der Waals surface area contributed by atoms with E-state index < -0.39 is 0 Å². The number of hydrogen-bond donors (Lipinski definition) is 0. The molecule has 1 aliphatic rings. The summed E-state index contributed by atoms with van der Waals surface area (Å²) in [5.41, 5.74) is 1.74. The second-order valence-corrected chi connectivity index (χ2v) is 5.31. The molecular formula is C14H21ClN2O2. The summed E-state index contributed by atoms with van der Waals surface area (Å²) in [5.74, 6) is 0.244. The third-order valence-electron chi connectivity index (χ3n) is 3.65. The van der Waals surface area contributed by atoms with Gasteiger partial charge in [-0.25, -0.2) is 0 Å². The Morgan fingerprint density at radius 2 is 2.32 bits per heavy atom. The molecule has 1 aliphatic heterocycles. The second kappa shape index (κ2) is 6.53. The third-order valence-corrected chi connectivity index (χ3v) is 4.09. The minimum absolute atomic E-state index is 0.0232. The molecule has 19 heavy (non-hydrogen) atoms. The fraction of sp³-hybridized carbons (Fsp3) is 0.714. The van der Waals surface area contributed by atoms with Gasteiger partial charge in [0.2, 0.25) is 0 Å². The van der Waals surface area contributed by atoms with E-state index in [4.69, 9.17) is 16.3 Å². The number of ether oxygens (including phenoxy) is 1. The monoisotopic (exact) mass is 284 g/mol. The number of nitrogens with zero attached hydrogens (tertiary/aromatic N) is 2. The third kappa shape index (κ3) is 3.18. The molecule has 0 aliphatic carbocycles. The Kier molecular flexibility index (Phi) is 4.99. The SMILES string of the molecule is CCc1nn(CC)c(CC(=O)C2CCCOC2)c1Cl. The topological polar surface area (TPSA) is 44.1 Å². The van der Waals surface area contributed by atoms with E-state index in [2.05, 4.69) is 5.10 Å². The zero-order valence-corrected chi connectivity index (χ0v) is 12.4. The lowest BCUT2D eigenvalue weighted by Gasteiger charge is -2.20. The molecule has 0 N–H and O–H groups in total. The fourth-order valence-corrected chi connectivity index (χ4v) is 2.83. The first-order valence-corrected chi connectivity index (χ1v) is 7.39. The van der Waals surface area contributed by atoms with Crippen molar-refractivity contribution in [2.24, 2.45) is 5.92 Å². The van der Waals surface area contributed by atoms with Crippen LogP contribution in [-0.4, -0.2) is 28.8 Å². The first-order chi connectivity index (χ1) is 9.17. The summed E-state index contributed by atoms with van der Waals surface area (Å²) in [4.78, 5) is 12.3. The molecule has 1 fully saturated rings. The second-order valence-electron chi connectivity index (χ2n) is 4.93. The van der Waals surface area contributed by atoms with Crippen molar-refractivity contribution >= 4 is 17.4 Å². The summed E-state index contributed by atoms with van der Waals surface area (Å²) in [6.07, 6.45) is 3.06. The van der Waals surface area contributed by atoms with E-state index in [0.717, 1.165) is 43.8 Å². The molecule has 2 rings (SSSR count). The number of halogens is 1. The number of carbonyl (C=O) groups excluding carboxylic acids is 1. The van der Waals surface area contributed by atoms with Gasteiger partial charge in [-0.05, 0) is 26.2 Å². The minimum atomic E-state index is 0.0232. The van der Waals surface area contributed by atoms with E-state index in [1.807, 2.05) is 18.5 Å². The molecule has 4 nitrogen and oxygen atoms in total. The number of aryl methyl sites for hydroxylation is 2. The molecule has 0 saturated carbocycles. The number of hydrogen-bond acceptors (Lipinski definition) is 3. The summed E-state index contributed by atoms with van der Waals surface area (Å²) in [7, 11) is 0. The van der Waals surface area contributed by atoms with Crippen molar-refractivity contribution in [2.45, 2.75) is 46.1 Å². The molecule has 0 spiro atoms. The molecule has 0 aromatic carbocycles. The van der Waals surface area contributed by atoms with Crippen LogP contribution in [0.4, 0.5) is 0 Å². The van der Waals surface area contributed by atoms with Crippen LogP contribution in [0.1, 0.15) is 38.1 Å². The Hall–Kier alpha value is -0.870. The lowest BCUT2D eigenvalue weighted by molar-refractivity contribution is -0.126. The maximum Gasteiger partial charge on any atom is 0.144 e. The Bertz CT molecular complexity index is 451. The highest BCUT2D eigenvalue weighted by Gasteiger charge is 2.25. The average Bonchev–Trinajstić information content (AvgIpc) is 2.76. The van der Waals surface area contributed by atoms with Gasteiger partial charge in [0.1, 0.15) is 5.78 Å². The van der Waals surface area contributed by atoms with Crippen LogP contribution in [0.15, 0.2) is 0 Å². The predicted molar refractivity (Wildman–Crippen MR) is 74.5 cm³/mol. The van der Waals surface area contributed by atoms with Crippen molar-refractivity contribution in [3.05, 3.63) is 16.4 Å². The number of ketones is 1. The molecule has 0 amide bonds. The normalized spacial score (nSPS) is 19.6. The zero-order valence-electron chi connectivity index (χ0n) is 11.6. The van der Waals surface area contributed by atoms with Gasteiger partial charge in [0.05, 0.1) is 29.4 Å². The van der Waals surface area contributed by atoms with Gasteiger partial charge in [-0.2, -0.15) is 5.10 Å². The van der Waals surface area contributed by atoms with Crippen LogP contribution in [0.5, 0.6) is 0 Å². The van der Waals surface area contributed by atoms with Crippen molar-refractivity contribution in [1.82, 2.24) is 9.78 Å². The van der Waals surface area contributed by atoms with Crippen LogP contribution in [0, 0.1) is 5.92 Å². The smallest absolute Gasteiger partial charge is 0.144 e. The van der Waals surface area contributed by atoms with Crippen molar-refractivity contribution in [2.75, 3.05) is 13.2 Å². The van der Waals surface area contributed by atoms with Crippen LogP contribution in [0.25, 0.3) is 0 Å². The van der Waals surface area contributed by atoms with Gasteiger partial charge in [0.25, 0.3) is 0 Å². The minimum Gasteiger partial charge on any atom is -0.381 e. The van der Waals surface area contributed by atoms with E-state index in [0.29, 0.717) is 18.1 Å². The largest absolute Gasteiger partial charge is 0.381 e. The highest BCUT2D eigenvalue weighted by atomic mass is 35.5. The highest BCUT2D eigenvalue weighted by molar-refractivity contribution is 6.32. The van der Waals surface area contributed by atoms with Gasteiger partial charge in [-0.1, -0.05) is 18.5 Å². The van der Waals surface area contributed by atoms with Crippen molar-refractivity contribution in [1.29, 1.82) is 0 Å². The van der Waals surface area contributed by atoms with Crippen molar-refractivity contribution < 1.29 is 9.53 Å². The van der Waals surface area contributed by atoms with Gasteiger partial charge in [-0.15, -0.1) is 0 Å². The van der Waals surface area contributed by atoms with Crippen LogP contribution >= 0.6 is 11.6 Å². The quantitative estimate of drug-likeness (QED) is 0.835. The van der Waals surface area contributed by atoms with Crippen LogP contribution < -0.4 is 0 Å². The molecule has 1 saturated heterocycles. The summed E-state index contributed by atoms with van der Waals surface area (Å²) < 4.78 is 7.23. The molecule has 106 valence electrons. The number of rotatable bonds is 5. The fourth-order valence-electron chi connectivity index (χ4n) is 2.49. The van der Waals surface area contributed by atoms with Gasteiger partial charge in [0.15, 0.2) is 0 Å². The predicted octanol–water partition coefficient (Wildman–Crippen LogP) is 2.66. The Morgan fingerprint density at radius 1 is 1.53 bits per heavy atom. The zero-order chi connectivity index (χ0) is 13.8. The maximum atomic E-state index is 12.3. The van der Waals surface area contributed by atoms with Crippen LogP contribution in [-0.2, 0) is 28.9 Å². The standard InChI is InChI=1S/C14H21ClN2O2/c1-3-11-14(15)12(17(4-2)16-11)8-13(18)10-6-5-7-19-9-10/h10H,3-9H2,1-2H3. The van der Waals surface area contributed by atoms with Crippen LogP contribution in [0.2, 0.25) is 5.02 Å². The van der Waals surface area contributed by atoms with Crippen molar-refractivity contribution in [3.63, 3.8) is 0 Å². The Morgan fingerprint density at radius 3 is 2.89 bits per heavy atom. The van der Waals surface area contributed by atoms with E-state index in [-0.39, 0.29) is 11.7 Å². The maximum absolute atomic E-state index is 12.3. The van der Waals surface area contributed by atoms with Gasteiger partial charge in [0, 0.05) is 19.1 Å². The lowest BCUT2D eigenvalue weighted by Crippen LogP contribution is -2.27. The summed E-state index contributed by atoms with van der Waals surface area (Å²) in [6, 6.07) is 0. The summed E-state index contributed by atoms with van der Waals surface area (Å²) in [5, 5.41) is 5.11. The Labute approximate surface area is 119 Å². The molecule has 1 aromatic rings. The Balaban J connectivity index is 2.13. The first kappa shape index (κ1) is 14.5. The molecule has 0 radical (unpaired) electrons. The molecule has 1 unspecified atom stereocenters. The number of carbonyl (C=O) groups is 1.